The van der Waals surface area contributed by atoms with E-state index in [0.29, 0.717) is 0 Å². The maximum atomic E-state index is 5.95. The van der Waals surface area contributed by atoms with E-state index in [-0.39, 0.29) is 0 Å². The highest BCUT2D eigenvalue weighted by atomic mass is 35.5. The van der Waals surface area contributed by atoms with E-state index in [0.717, 1.165) is 45.5 Å². The molecular formula is C18H15ClN2OS. The highest BCUT2D eigenvalue weighted by Gasteiger charge is 2.11. The van der Waals surface area contributed by atoms with E-state index in [1.807, 2.05) is 30.3 Å². The summed E-state index contributed by atoms with van der Waals surface area (Å²) >= 11 is 7.62. The Morgan fingerprint density at radius 2 is 2.00 bits per heavy atom. The Morgan fingerprint density at radius 1 is 1.17 bits per heavy atom. The standard InChI is InChI=1S/C18H15ClN2OS/c1-2-9-22-14-7-8-16-17(10-14)23-18-20-15(11-21(16)18)12-3-5-13(19)6-4-12/h3-8,10-11H,2,9H2,1H3. The molecule has 0 aliphatic heterocycles. The highest BCUT2D eigenvalue weighted by molar-refractivity contribution is 7.23. The molecule has 0 fully saturated rings. The van der Waals surface area contributed by atoms with E-state index in [1.54, 1.807) is 11.3 Å². The average Bonchev–Trinajstić information content (AvgIpc) is 3.10. The number of benzene rings is 2. The minimum absolute atomic E-state index is 0.736. The molecule has 5 heteroatoms. The summed E-state index contributed by atoms with van der Waals surface area (Å²) in [6.45, 7) is 2.85. The maximum Gasteiger partial charge on any atom is 0.195 e. The molecule has 2 heterocycles. The predicted octanol–water partition coefficient (Wildman–Crippen LogP) is 5.66. The van der Waals surface area contributed by atoms with E-state index in [4.69, 9.17) is 21.3 Å². The van der Waals surface area contributed by atoms with Gasteiger partial charge in [0, 0.05) is 16.8 Å². The molecule has 23 heavy (non-hydrogen) atoms. The predicted molar refractivity (Wildman–Crippen MR) is 96.8 cm³/mol. The minimum atomic E-state index is 0.736. The molecule has 2 aromatic carbocycles. The molecule has 2 aromatic heterocycles. The first kappa shape index (κ1) is 14.5. The fourth-order valence-corrected chi connectivity index (χ4v) is 3.71. The fourth-order valence-electron chi connectivity index (χ4n) is 2.55. The van der Waals surface area contributed by atoms with Crippen LogP contribution in [0.3, 0.4) is 0 Å². The smallest absolute Gasteiger partial charge is 0.195 e. The molecule has 0 atom stereocenters. The van der Waals surface area contributed by atoms with Gasteiger partial charge in [0.25, 0.3) is 0 Å². The molecule has 0 saturated heterocycles. The summed E-state index contributed by atoms with van der Waals surface area (Å²) in [5.74, 6) is 0.918. The molecule has 0 unspecified atom stereocenters. The van der Waals surface area contributed by atoms with Crippen molar-refractivity contribution in [3.05, 3.63) is 53.7 Å². The van der Waals surface area contributed by atoms with Gasteiger partial charge in [-0.15, -0.1) is 0 Å². The first-order valence-corrected chi connectivity index (χ1v) is 8.74. The second-order valence-corrected chi connectivity index (χ2v) is 6.81. The number of nitrogens with zero attached hydrogens (tertiary/aromatic N) is 2. The molecular weight excluding hydrogens is 328 g/mol. The van der Waals surface area contributed by atoms with Gasteiger partial charge in [0.2, 0.25) is 0 Å². The zero-order chi connectivity index (χ0) is 15.8. The number of fused-ring (bicyclic) bond motifs is 3. The molecule has 0 saturated carbocycles. The van der Waals surface area contributed by atoms with Crippen LogP contribution in [0.1, 0.15) is 13.3 Å². The number of halogens is 1. The van der Waals surface area contributed by atoms with Gasteiger partial charge in [-0.25, -0.2) is 4.98 Å². The van der Waals surface area contributed by atoms with Gasteiger partial charge in [-0.3, -0.25) is 4.40 Å². The minimum Gasteiger partial charge on any atom is -0.494 e. The van der Waals surface area contributed by atoms with Crippen LogP contribution in [0.5, 0.6) is 5.75 Å². The summed E-state index contributed by atoms with van der Waals surface area (Å²) in [5.41, 5.74) is 3.18. The molecule has 0 aliphatic carbocycles. The van der Waals surface area contributed by atoms with Crippen molar-refractivity contribution in [1.82, 2.24) is 9.38 Å². The van der Waals surface area contributed by atoms with E-state index >= 15 is 0 Å². The van der Waals surface area contributed by atoms with Gasteiger partial charge in [-0.2, -0.15) is 0 Å². The third kappa shape index (κ3) is 2.69. The molecule has 0 aliphatic rings. The number of ether oxygens (including phenoxy) is 1. The van der Waals surface area contributed by atoms with E-state index in [2.05, 4.69) is 29.7 Å². The number of hydrogen-bond acceptors (Lipinski definition) is 3. The normalized spacial score (nSPS) is 11.4. The van der Waals surface area contributed by atoms with Crippen molar-refractivity contribution in [2.75, 3.05) is 6.61 Å². The molecule has 4 aromatic rings. The van der Waals surface area contributed by atoms with Crippen molar-refractivity contribution >= 4 is 38.1 Å². The van der Waals surface area contributed by atoms with Crippen molar-refractivity contribution in [3.8, 4) is 17.0 Å². The van der Waals surface area contributed by atoms with Crippen LogP contribution < -0.4 is 4.74 Å². The first-order chi connectivity index (χ1) is 11.2. The third-order valence-electron chi connectivity index (χ3n) is 3.68. The van der Waals surface area contributed by atoms with Crippen molar-refractivity contribution in [1.29, 1.82) is 0 Å². The first-order valence-electron chi connectivity index (χ1n) is 7.55. The summed E-state index contributed by atoms with van der Waals surface area (Å²) in [6.07, 6.45) is 3.08. The lowest BCUT2D eigenvalue weighted by atomic mass is 10.2. The van der Waals surface area contributed by atoms with E-state index in [1.165, 1.54) is 4.70 Å². The van der Waals surface area contributed by atoms with Crippen LogP contribution in [-0.4, -0.2) is 16.0 Å². The monoisotopic (exact) mass is 342 g/mol. The summed E-state index contributed by atoms with van der Waals surface area (Å²) in [4.78, 5) is 5.72. The Labute approximate surface area is 143 Å². The molecule has 116 valence electrons. The van der Waals surface area contributed by atoms with Gasteiger partial charge in [-0.05, 0) is 36.8 Å². The highest BCUT2D eigenvalue weighted by Crippen LogP contribution is 2.32. The second-order valence-electron chi connectivity index (χ2n) is 5.37. The molecule has 3 nitrogen and oxygen atoms in total. The largest absolute Gasteiger partial charge is 0.494 e. The lowest BCUT2D eigenvalue weighted by molar-refractivity contribution is 0.318. The molecule has 0 bridgehead atoms. The number of thiazole rings is 1. The Morgan fingerprint density at radius 3 is 2.78 bits per heavy atom. The quantitative estimate of drug-likeness (QED) is 0.478. The Balaban J connectivity index is 1.76. The lowest BCUT2D eigenvalue weighted by Crippen LogP contribution is -1.94. The molecule has 0 radical (unpaired) electrons. The van der Waals surface area contributed by atoms with E-state index < -0.39 is 0 Å². The summed E-state index contributed by atoms with van der Waals surface area (Å²) < 4.78 is 9.02. The van der Waals surface area contributed by atoms with Crippen molar-refractivity contribution in [2.24, 2.45) is 0 Å². The van der Waals surface area contributed by atoms with Crippen molar-refractivity contribution < 1.29 is 4.74 Å². The average molecular weight is 343 g/mol. The van der Waals surface area contributed by atoms with Crippen LogP contribution in [0.25, 0.3) is 26.4 Å². The Bertz CT molecular complexity index is 972. The Hall–Kier alpha value is -2.04. The summed E-state index contributed by atoms with van der Waals surface area (Å²) in [7, 11) is 0. The molecule has 4 rings (SSSR count). The van der Waals surface area contributed by atoms with Gasteiger partial charge >= 0.3 is 0 Å². The van der Waals surface area contributed by atoms with Crippen LogP contribution in [0, 0.1) is 0 Å². The van der Waals surface area contributed by atoms with Crippen LogP contribution in [0.2, 0.25) is 5.02 Å². The fraction of sp³-hybridized carbons (Fsp3) is 0.167. The van der Waals surface area contributed by atoms with Crippen LogP contribution in [0.4, 0.5) is 0 Å². The van der Waals surface area contributed by atoms with Gasteiger partial charge in [0.15, 0.2) is 4.96 Å². The van der Waals surface area contributed by atoms with Gasteiger partial charge in [0.1, 0.15) is 5.75 Å². The number of aromatic nitrogens is 2. The van der Waals surface area contributed by atoms with Crippen molar-refractivity contribution in [3.63, 3.8) is 0 Å². The number of hydrogen-bond donors (Lipinski definition) is 0. The van der Waals surface area contributed by atoms with Gasteiger partial charge in [-0.1, -0.05) is 42.0 Å². The molecule has 0 amide bonds. The lowest BCUT2D eigenvalue weighted by Gasteiger charge is -2.03. The van der Waals surface area contributed by atoms with Crippen LogP contribution in [-0.2, 0) is 0 Å². The number of rotatable bonds is 4. The van der Waals surface area contributed by atoms with E-state index in [9.17, 15) is 0 Å². The maximum absolute atomic E-state index is 5.95. The summed E-state index contributed by atoms with van der Waals surface area (Å²) in [5, 5.41) is 0.736. The second kappa shape index (κ2) is 5.87. The number of imidazole rings is 1. The molecule has 0 spiro atoms. The van der Waals surface area contributed by atoms with Crippen LogP contribution in [0.15, 0.2) is 48.7 Å². The van der Waals surface area contributed by atoms with Crippen LogP contribution >= 0.6 is 22.9 Å². The van der Waals surface area contributed by atoms with Gasteiger partial charge < -0.3 is 4.74 Å². The van der Waals surface area contributed by atoms with Crippen molar-refractivity contribution in [2.45, 2.75) is 13.3 Å². The zero-order valence-electron chi connectivity index (χ0n) is 12.6. The molecule has 0 N–H and O–H groups in total. The zero-order valence-corrected chi connectivity index (χ0v) is 14.2. The SMILES string of the molecule is CCCOc1ccc2c(c1)sc1nc(-c3ccc(Cl)cc3)cn12. The van der Waals surface area contributed by atoms with Gasteiger partial charge in [0.05, 0.1) is 22.5 Å². The summed E-state index contributed by atoms with van der Waals surface area (Å²) in [6, 6.07) is 14.0. The Kier molecular flexibility index (Phi) is 3.71. The third-order valence-corrected chi connectivity index (χ3v) is 4.95. The topological polar surface area (TPSA) is 26.5 Å².